The van der Waals surface area contributed by atoms with Crippen molar-refractivity contribution in [3.05, 3.63) is 0 Å². The van der Waals surface area contributed by atoms with Gasteiger partial charge >= 0.3 is 5.97 Å². The third-order valence-electron chi connectivity index (χ3n) is 2.79. The van der Waals surface area contributed by atoms with Gasteiger partial charge in [0.1, 0.15) is 24.4 Å². The topological polar surface area (TPSA) is 139 Å². The van der Waals surface area contributed by atoms with E-state index < -0.39 is 49.3 Å². The Morgan fingerprint density at radius 3 is 2.41 bits per heavy atom. The van der Waals surface area contributed by atoms with Crippen LogP contribution >= 0.6 is 0 Å². The van der Waals surface area contributed by atoms with E-state index in [1.54, 1.807) is 0 Å². The number of carbonyl (C=O) groups is 1. The van der Waals surface area contributed by atoms with Crippen molar-refractivity contribution in [1.82, 2.24) is 5.32 Å². The molecule has 0 aromatic rings. The quantitative estimate of drug-likeness (QED) is 0.301. The van der Waals surface area contributed by atoms with Gasteiger partial charge in [0.25, 0.3) is 0 Å². The van der Waals surface area contributed by atoms with Crippen LogP contribution in [0.3, 0.4) is 0 Å². The van der Waals surface area contributed by atoms with Crippen molar-refractivity contribution in [2.75, 3.05) is 13.2 Å². The first-order valence-corrected chi connectivity index (χ1v) is 5.14. The lowest BCUT2D eigenvalue weighted by Gasteiger charge is -2.32. The summed E-state index contributed by atoms with van der Waals surface area (Å²) in [6, 6.07) is -1.10. The molecule has 1 rings (SSSR count). The molecule has 0 aliphatic carbocycles. The number of aliphatic hydroxyl groups excluding tert-OH is 4. The molecule has 0 amide bonds. The van der Waals surface area contributed by atoms with E-state index in [0.29, 0.717) is 0 Å². The van der Waals surface area contributed by atoms with E-state index in [2.05, 4.69) is 5.32 Å². The van der Waals surface area contributed by atoms with Gasteiger partial charge < -0.3 is 30.3 Å². The zero-order valence-electron chi connectivity index (χ0n) is 9.28. The van der Waals surface area contributed by atoms with Crippen LogP contribution in [-0.2, 0) is 9.53 Å². The number of carboxylic acids is 1. The Kier molecular flexibility index (Phi) is 4.42. The van der Waals surface area contributed by atoms with E-state index in [4.69, 9.17) is 14.9 Å². The molecule has 1 unspecified atom stereocenters. The third kappa shape index (κ3) is 2.57. The molecular formula is C9H17NO7. The van der Waals surface area contributed by atoms with Gasteiger partial charge in [-0.25, -0.2) is 0 Å². The molecule has 0 spiro atoms. The van der Waals surface area contributed by atoms with Gasteiger partial charge in [-0.2, -0.15) is 0 Å². The Hall–Kier alpha value is -0.770. The molecule has 1 saturated heterocycles. The zero-order chi connectivity index (χ0) is 13.2. The smallest absolute Gasteiger partial charge is 0.320 e. The standard InChI is InChI=1S/C9H17NO7/c1-4(8(15)16)10-9(3-12)7(14)6(13)5(2-11)17-9/h4-7,10-14H,2-3H2,1H3,(H,15,16)/t4-,5-,6-,7+,9?/m1/s1. The summed E-state index contributed by atoms with van der Waals surface area (Å²) >= 11 is 0. The van der Waals surface area contributed by atoms with Crippen molar-refractivity contribution < 1.29 is 35.1 Å². The molecule has 1 aliphatic heterocycles. The minimum atomic E-state index is -1.79. The summed E-state index contributed by atoms with van der Waals surface area (Å²) in [4.78, 5) is 10.7. The number of aliphatic hydroxyl groups is 4. The van der Waals surface area contributed by atoms with E-state index in [0.717, 1.165) is 0 Å². The fraction of sp³-hybridized carbons (Fsp3) is 0.889. The lowest BCUT2D eigenvalue weighted by atomic mass is 10.0. The molecule has 0 saturated carbocycles. The van der Waals surface area contributed by atoms with E-state index in [-0.39, 0.29) is 0 Å². The van der Waals surface area contributed by atoms with Crippen LogP contribution in [0.15, 0.2) is 0 Å². The monoisotopic (exact) mass is 251 g/mol. The predicted molar refractivity (Wildman–Crippen MR) is 54.0 cm³/mol. The maximum absolute atomic E-state index is 10.7. The highest BCUT2D eigenvalue weighted by Gasteiger charge is 2.54. The molecule has 1 fully saturated rings. The number of rotatable bonds is 5. The average molecular weight is 251 g/mol. The third-order valence-corrected chi connectivity index (χ3v) is 2.79. The van der Waals surface area contributed by atoms with Gasteiger partial charge in [-0.05, 0) is 6.92 Å². The maximum atomic E-state index is 10.7. The van der Waals surface area contributed by atoms with Crippen LogP contribution in [0.5, 0.6) is 0 Å². The van der Waals surface area contributed by atoms with Gasteiger partial charge in [0.15, 0.2) is 5.72 Å². The molecule has 6 N–H and O–H groups in total. The fourth-order valence-electron chi connectivity index (χ4n) is 1.76. The Morgan fingerprint density at radius 2 is 2.06 bits per heavy atom. The molecule has 1 heterocycles. The van der Waals surface area contributed by atoms with Crippen LogP contribution < -0.4 is 5.32 Å². The number of carboxylic acid groups (broad SMARTS) is 1. The van der Waals surface area contributed by atoms with Gasteiger partial charge in [0.05, 0.1) is 13.2 Å². The highest BCUT2D eigenvalue weighted by Crippen LogP contribution is 2.29. The molecule has 8 heteroatoms. The summed E-state index contributed by atoms with van der Waals surface area (Å²) in [7, 11) is 0. The van der Waals surface area contributed by atoms with Crippen LogP contribution in [0.25, 0.3) is 0 Å². The van der Waals surface area contributed by atoms with Gasteiger partial charge in [0.2, 0.25) is 0 Å². The van der Waals surface area contributed by atoms with Crippen molar-refractivity contribution in [3.8, 4) is 0 Å². The number of aliphatic carboxylic acids is 1. The van der Waals surface area contributed by atoms with Gasteiger partial charge in [-0.15, -0.1) is 0 Å². The molecule has 17 heavy (non-hydrogen) atoms. The first kappa shape index (κ1) is 14.3. The van der Waals surface area contributed by atoms with Crippen LogP contribution in [0.4, 0.5) is 0 Å². The molecule has 0 radical (unpaired) electrons. The largest absolute Gasteiger partial charge is 0.480 e. The Labute approximate surface area is 97.4 Å². The summed E-state index contributed by atoms with van der Waals surface area (Å²) in [6.45, 7) is 0.0108. The van der Waals surface area contributed by atoms with Crippen molar-refractivity contribution in [1.29, 1.82) is 0 Å². The summed E-state index contributed by atoms with van der Waals surface area (Å²) in [6.07, 6.45) is -4.02. The zero-order valence-corrected chi connectivity index (χ0v) is 9.28. The summed E-state index contributed by atoms with van der Waals surface area (Å²) < 4.78 is 5.12. The van der Waals surface area contributed by atoms with Crippen molar-refractivity contribution in [2.45, 2.75) is 37.0 Å². The van der Waals surface area contributed by atoms with Crippen molar-refractivity contribution in [3.63, 3.8) is 0 Å². The van der Waals surface area contributed by atoms with Gasteiger partial charge in [0, 0.05) is 0 Å². The van der Waals surface area contributed by atoms with Crippen LogP contribution in [0.1, 0.15) is 6.92 Å². The van der Waals surface area contributed by atoms with Gasteiger partial charge in [-0.1, -0.05) is 0 Å². The van der Waals surface area contributed by atoms with E-state index in [9.17, 15) is 20.1 Å². The normalized spacial score (nSPS) is 39.2. The number of hydrogen-bond acceptors (Lipinski definition) is 7. The predicted octanol–water partition coefficient (Wildman–Crippen LogP) is -3.15. The van der Waals surface area contributed by atoms with Gasteiger partial charge in [-0.3, -0.25) is 10.1 Å². The molecule has 100 valence electrons. The van der Waals surface area contributed by atoms with Crippen molar-refractivity contribution in [2.24, 2.45) is 0 Å². The fourth-order valence-corrected chi connectivity index (χ4v) is 1.76. The summed E-state index contributed by atoms with van der Waals surface area (Å²) in [5.74, 6) is -1.20. The van der Waals surface area contributed by atoms with Crippen LogP contribution in [0, 0.1) is 0 Å². The second-order valence-corrected chi connectivity index (χ2v) is 4.03. The summed E-state index contributed by atoms with van der Waals surface area (Å²) in [5, 5.41) is 48.5. The molecule has 5 atom stereocenters. The lowest BCUT2D eigenvalue weighted by Crippen LogP contribution is -2.61. The van der Waals surface area contributed by atoms with Crippen molar-refractivity contribution >= 4 is 5.97 Å². The second kappa shape index (κ2) is 5.25. The van der Waals surface area contributed by atoms with E-state index in [1.165, 1.54) is 6.92 Å². The van der Waals surface area contributed by atoms with Crippen LogP contribution in [-0.4, -0.2) is 74.8 Å². The molecule has 1 aliphatic rings. The Balaban J connectivity index is 2.85. The van der Waals surface area contributed by atoms with E-state index >= 15 is 0 Å². The Bertz CT molecular complexity index is 287. The first-order chi connectivity index (χ1) is 7.88. The SMILES string of the molecule is C[C@@H](NC1(CO)O[C@H](CO)[C@@H](O)[C@@H]1O)C(=O)O. The maximum Gasteiger partial charge on any atom is 0.320 e. The number of ether oxygens (including phenoxy) is 1. The molecule has 0 bridgehead atoms. The lowest BCUT2D eigenvalue weighted by molar-refractivity contribution is -0.157. The second-order valence-electron chi connectivity index (χ2n) is 4.03. The van der Waals surface area contributed by atoms with Crippen LogP contribution in [0.2, 0.25) is 0 Å². The molecule has 0 aromatic carbocycles. The number of nitrogens with one attached hydrogen (secondary N) is 1. The molecule has 0 aromatic heterocycles. The minimum Gasteiger partial charge on any atom is -0.480 e. The Morgan fingerprint density at radius 1 is 1.47 bits per heavy atom. The first-order valence-electron chi connectivity index (χ1n) is 5.14. The van der Waals surface area contributed by atoms with E-state index in [1.807, 2.05) is 0 Å². The summed E-state index contributed by atoms with van der Waals surface area (Å²) in [5.41, 5.74) is -1.79. The highest BCUT2D eigenvalue weighted by molar-refractivity contribution is 5.73. The minimum absolute atomic E-state index is 0.552. The molecule has 8 nitrogen and oxygen atoms in total. The average Bonchev–Trinajstić information content (AvgIpc) is 2.54. The molecular weight excluding hydrogens is 234 g/mol. The highest BCUT2D eigenvalue weighted by atomic mass is 16.6. The number of hydrogen-bond donors (Lipinski definition) is 6.